The van der Waals surface area contributed by atoms with Crippen molar-refractivity contribution in [2.75, 3.05) is 6.61 Å². The molecule has 4 aliphatic carbocycles. The first-order valence-electron chi connectivity index (χ1n) is 12.1. The van der Waals surface area contributed by atoms with Gasteiger partial charge >= 0.3 is 11.6 Å². The van der Waals surface area contributed by atoms with Crippen molar-refractivity contribution in [3.63, 3.8) is 0 Å². The first-order valence-corrected chi connectivity index (χ1v) is 12.1. The van der Waals surface area contributed by atoms with Gasteiger partial charge in [0.2, 0.25) is 6.61 Å². The lowest BCUT2D eigenvalue weighted by molar-refractivity contribution is -0.176. The maximum atomic E-state index is 12.3. The molecule has 0 spiro atoms. The van der Waals surface area contributed by atoms with Gasteiger partial charge in [-0.1, -0.05) is 24.6 Å². The maximum Gasteiger partial charge on any atom is 0.344 e. The topological polar surface area (TPSA) is 109 Å². The predicted molar refractivity (Wildman–Crippen MR) is 122 cm³/mol. The highest BCUT2D eigenvalue weighted by Crippen LogP contribution is 2.69. The smallest absolute Gasteiger partial charge is 0.344 e. The molecule has 0 bridgehead atoms. The first kappa shape index (κ1) is 22.4. The summed E-state index contributed by atoms with van der Waals surface area (Å²) in [5, 5.41) is 25.1. The van der Waals surface area contributed by atoms with Crippen LogP contribution in [0.15, 0.2) is 44.4 Å². The number of carboxylic acids is 1. The molecule has 178 valence electrons. The lowest BCUT2D eigenvalue weighted by Gasteiger charge is -2.61. The Kier molecular flexibility index (Phi) is 5.31. The maximum absolute atomic E-state index is 12.3. The summed E-state index contributed by atoms with van der Waals surface area (Å²) in [5.41, 5.74) is 1.90. The molecule has 5 rings (SSSR count). The molecule has 3 fully saturated rings. The molecule has 2 N–H and O–H groups in total. The molecule has 1 heterocycles. The fraction of sp³-hybridized carbons (Fsp3) is 0.654. The van der Waals surface area contributed by atoms with Crippen LogP contribution in [0.5, 0.6) is 0 Å². The second-order valence-corrected chi connectivity index (χ2v) is 10.9. The Morgan fingerprint density at radius 3 is 2.70 bits per heavy atom. The van der Waals surface area contributed by atoms with E-state index in [9.17, 15) is 14.7 Å². The van der Waals surface area contributed by atoms with Crippen LogP contribution in [0.4, 0.5) is 0 Å². The van der Waals surface area contributed by atoms with Crippen LogP contribution >= 0.6 is 0 Å². The highest BCUT2D eigenvalue weighted by atomic mass is 16.6. The molecular formula is C26H33NO6. The molecule has 1 aromatic heterocycles. The lowest BCUT2D eigenvalue weighted by atomic mass is 9.45. The molecule has 0 radical (unpaired) electrons. The molecular weight excluding hydrogens is 422 g/mol. The van der Waals surface area contributed by atoms with Crippen LogP contribution in [0.3, 0.4) is 0 Å². The zero-order valence-electron chi connectivity index (χ0n) is 19.4. The molecule has 7 heteroatoms. The number of aliphatic hydroxyl groups is 1. The Balaban J connectivity index is 1.41. The normalized spacial score (nSPS) is 41.0. The number of allylic oxidation sites excluding steroid dienone is 2. The third kappa shape index (κ3) is 3.38. The molecule has 4 aliphatic rings. The van der Waals surface area contributed by atoms with Gasteiger partial charge < -0.3 is 19.5 Å². The highest BCUT2D eigenvalue weighted by Gasteiger charge is 2.66. The van der Waals surface area contributed by atoms with Gasteiger partial charge in [0, 0.05) is 11.5 Å². The molecule has 0 aliphatic heterocycles. The van der Waals surface area contributed by atoms with Crippen LogP contribution in [0.2, 0.25) is 0 Å². The molecule has 0 aromatic carbocycles. The van der Waals surface area contributed by atoms with Gasteiger partial charge in [-0.2, -0.15) is 0 Å². The Labute approximate surface area is 193 Å². The van der Waals surface area contributed by atoms with Gasteiger partial charge in [0.25, 0.3) is 0 Å². The van der Waals surface area contributed by atoms with E-state index in [-0.39, 0.29) is 28.3 Å². The van der Waals surface area contributed by atoms with E-state index in [0.717, 1.165) is 62.6 Å². The predicted octanol–water partition coefficient (Wildman–Crippen LogP) is 4.26. The van der Waals surface area contributed by atoms with Gasteiger partial charge in [-0.3, -0.25) is 0 Å². The minimum Gasteiger partial charge on any atom is -0.479 e. The van der Waals surface area contributed by atoms with E-state index in [4.69, 9.17) is 14.4 Å². The minimum atomic E-state index is -1.03. The van der Waals surface area contributed by atoms with Crippen molar-refractivity contribution in [2.45, 2.75) is 76.7 Å². The highest BCUT2D eigenvalue weighted by molar-refractivity contribution is 5.96. The van der Waals surface area contributed by atoms with Gasteiger partial charge in [0.05, 0.1) is 17.6 Å². The molecule has 6 atom stereocenters. The Morgan fingerprint density at radius 1 is 1.15 bits per heavy atom. The van der Waals surface area contributed by atoms with Crippen LogP contribution in [0, 0.1) is 22.7 Å². The summed E-state index contributed by atoms with van der Waals surface area (Å²) < 4.78 is 5.17. The molecule has 7 nitrogen and oxygen atoms in total. The molecule has 1 aromatic rings. The second kappa shape index (κ2) is 7.83. The van der Waals surface area contributed by atoms with Crippen LogP contribution in [0.25, 0.3) is 0 Å². The summed E-state index contributed by atoms with van der Waals surface area (Å²) in [6, 6.07) is 3.36. The molecule has 33 heavy (non-hydrogen) atoms. The van der Waals surface area contributed by atoms with Crippen LogP contribution in [-0.4, -0.2) is 34.1 Å². The number of oxime groups is 1. The van der Waals surface area contributed by atoms with Gasteiger partial charge in [-0.05, 0) is 92.2 Å². The van der Waals surface area contributed by atoms with Gasteiger partial charge in [-0.15, -0.1) is 0 Å². The molecule has 0 amide bonds. The van der Waals surface area contributed by atoms with Crippen molar-refractivity contribution >= 4 is 11.7 Å². The average molecular weight is 456 g/mol. The van der Waals surface area contributed by atoms with Crippen molar-refractivity contribution < 1.29 is 24.3 Å². The Hall–Kier alpha value is -2.41. The van der Waals surface area contributed by atoms with Crippen molar-refractivity contribution in [3.05, 3.63) is 46.0 Å². The largest absolute Gasteiger partial charge is 0.479 e. The monoisotopic (exact) mass is 455 g/mol. The van der Waals surface area contributed by atoms with Crippen molar-refractivity contribution in [1.82, 2.24) is 0 Å². The number of aliphatic carboxylic acids is 1. The zero-order chi connectivity index (χ0) is 23.4. The van der Waals surface area contributed by atoms with Crippen LogP contribution < -0.4 is 5.63 Å². The number of hydrogen-bond donors (Lipinski definition) is 2. The number of hydrogen-bond acceptors (Lipinski definition) is 6. The standard InChI is InChI=1S/C26H33NO6/c1-24-10-7-18(27-33-15-22(28)29)13-17(24)4-5-21-20(24)8-11-25(2)19(9-12-26(21,25)31)16-3-6-23(30)32-14-16/h3,6,13-14,19-21,31H,4-5,7-12,15H2,1-2H3,(H,28,29)/b27-18+/t19-,20?,21?,24+,25-,26+/m1/s1. The van der Waals surface area contributed by atoms with Crippen molar-refractivity contribution in [2.24, 2.45) is 27.8 Å². The van der Waals surface area contributed by atoms with Crippen molar-refractivity contribution in [3.8, 4) is 0 Å². The van der Waals surface area contributed by atoms with Crippen LogP contribution in [-0.2, 0) is 9.63 Å². The Morgan fingerprint density at radius 2 is 1.97 bits per heavy atom. The van der Waals surface area contributed by atoms with Gasteiger partial charge in [0.1, 0.15) is 0 Å². The molecule has 0 saturated heterocycles. The summed E-state index contributed by atoms with van der Waals surface area (Å²) >= 11 is 0. The van der Waals surface area contributed by atoms with E-state index >= 15 is 0 Å². The number of fused-ring (bicyclic) bond motifs is 5. The number of rotatable bonds is 4. The SMILES string of the molecule is C[C@]12CC/C(=N\OCC(=O)O)C=C1CCC1C2CC[C@]2(C)[C@@H](c3ccc(=O)oc3)CC[C@]12O. The summed E-state index contributed by atoms with van der Waals surface area (Å²) in [6.07, 6.45) is 10.9. The average Bonchev–Trinajstić information content (AvgIpc) is 3.05. The summed E-state index contributed by atoms with van der Waals surface area (Å²) in [4.78, 5) is 27.1. The summed E-state index contributed by atoms with van der Waals surface area (Å²) in [5.74, 6) is -0.196. The van der Waals surface area contributed by atoms with E-state index in [2.05, 4.69) is 25.1 Å². The Bertz CT molecular complexity index is 1050. The quantitative estimate of drug-likeness (QED) is 0.657. The fourth-order valence-corrected chi connectivity index (χ4v) is 7.88. The molecule has 2 unspecified atom stereocenters. The van der Waals surface area contributed by atoms with E-state index < -0.39 is 18.2 Å². The van der Waals surface area contributed by atoms with Gasteiger partial charge in [0.15, 0.2) is 0 Å². The third-order valence-electron chi connectivity index (χ3n) is 9.66. The number of carboxylic acid groups (broad SMARTS) is 1. The van der Waals surface area contributed by atoms with E-state index in [0.29, 0.717) is 5.92 Å². The van der Waals surface area contributed by atoms with Gasteiger partial charge in [-0.25, -0.2) is 9.59 Å². The first-order chi connectivity index (χ1) is 15.7. The zero-order valence-corrected chi connectivity index (χ0v) is 19.4. The van der Waals surface area contributed by atoms with Crippen LogP contribution in [0.1, 0.15) is 76.7 Å². The number of nitrogens with zero attached hydrogens (tertiary/aromatic N) is 1. The fourth-order valence-electron chi connectivity index (χ4n) is 7.88. The van der Waals surface area contributed by atoms with E-state index in [1.165, 1.54) is 11.6 Å². The van der Waals surface area contributed by atoms with E-state index in [1.54, 1.807) is 6.26 Å². The minimum absolute atomic E-state index is 0.0173. The number of carbonyl (C=O) groups is 1. The summed E-state index contributed by atoms with van der Waals surface area (Å²) in [7, 11) is 0. The second-order valence-electron chi connectivity index (χ2n) is 10.9. The molecule has 3 saturated carbocycles. The summed E-state index contributed by atoms with van der Waals surface area (Å²) in [6.45, 7) is 4.16. The lowest BCUT2D eigenvalue weighted by Crippen LogP contribution is -2.60. The van der Waals surface area contributed by atoms with Crippen molar-refractivity contribution in [1.29, 1.82) is 0 Å². The van der Waals surface area contributed by atoms with E-state index in [1.807, 2.05) is 6.07 Å². The third-order valence-corrected chi connectivity index (χ3v) is 9.66.